The molecule has 0 atom stereocenters. The predicted molar refractivity (Wildman–Crippen MR) is 105 cm³/mol. The highest BCUT2D eigenvalue weighted by Crippen LogP contribution is 2.22. The van der Waals surface area contributed by atoms with Crippen molar-refractivity contribution < 1.29 is 9.53 Å². The molecule has 6 nitrogen and oxygen atoms in total. The van der Waals surface area contributed by atoms with Crippen molar-refractivity contribution in [2.75, 3.05) is 39.3 Å². The molecule has 0 bridgehead atoms. The number of hydrogen-bond acceptors (Lipinski definition) is 4. The van der Waals surface area contributed by atoms with E-state index in [9.17, 15) is 9.59 Å². The highest BCUT2D eigenvalue weighted by Gasteiger charge is 2.20. The second kappa shape index (κ2) is 9.58. The molecule has 0 N–H and O–H groups in total. The van der Waals surface area contributed by atoms with Gasteiger partial charge in [-0.1, -0.05) is 29.8 Å². The molecule has 1 amide bonds. The molecular formula is C20H24ClN3O3. The Balaban J connectivity index is 1.37. The number of rotatable bonds is 7. The number of aromatic nitrogens is 1. The lowest BCUT2D eigenvalue weighted by molar-refractivity contribution is -0.133. The maximum Gasteiger partial charge on any atom is 0.250 e. The van der Waals surface area contributed by atoms with Crippen LogP contribution in [-0.2, 0) is 11.3 Å². The zero-order chi connectivity index (χ0) is 19.1. The molecule has 1 aliphatic heterocycles. The van der Waals surface area contributed by atoms with Crippen LogP contribution in [0.5, 0.6) is 5.75 Å². The molecule has 1 aromatic carbocycles. The van der Waals surface area contributed by atoms with Crippen molar-refractivity contribution in [3.05, 3.63) is 64.0 Å². The maximum atomic E-state index is 12.4. The van der Waals surface area contributed by atoms with Gasteiger partial charge in [0.2, 0.25) is 5.91 Å². The standard InChI is InChI=1S/C20H24ClN3O3/c21-17-5-1-2-6-18(17)27-16-15-22-11-13-24(14-12-22)20(26)8-10-23-9-4-3-7-19(23)25/h1-7,9H,8,10-16H2. The van der Waals surface area contributed by atoms with Crippen molar-refractivity contribution in [1.82, 2.24) is 14.4 Å². The van der Waals surface area contributed by atoms with Gasteiger partial charge in [-0.05, 0) is 18.2 Å². The lowest BCUT2D eigenvalue weighted by Gasteiger charge is -2.34. The normalized spacial score (nSPS) is 14.9. The number of aryl methyl sites for hydroxylation is 1. The van der Waals surface area contributed by atoms with Gasteiger partial charge in [-0.25, -0.2) is 0 Å². The van der Waals surface area contributed by atoms with E-state index in [1.807, 2.05) is 29.2 Å². The van der Waals surface area contributed by atoms with Crippen LogP contribution >= 0.6 is 11.6 Å². The molecule has 1 fully saturated rings. The molecule has 144 valence electrons. The second-order valence-corrected chi connectivity index (χ2v) is 6.89. The van der Waals surface area contributed by atoms with Gasteiger partial charge in [0.25, 0.3) is 5.56 Å². The Kier molecular flexibility index (Phi) is 6.90. The third-order valence-electron chi connectivity index (χ3n) is 4.69. The number of benzene rings is 1. The van der Waals surface area contributed by atoms with E-state index in [0.29, 0.717) is 43.4 Å². The Morgan fingerprint density at radius 1 is 1.00 bits per heavy atom. The van der Waals surface area contributed by atoms with Gasteiger partial charge in [0.15, 0.2) is 0 Å². The van der Waals surface area contributed by atoms with Crippen LogP contribution in [0.1, 0.15) is 6.42 Å². The van der Waals surface area contributed by atoms with E-state index in [1.165, 1.54) is 6.07 Å². The van der Waals surface area contributed by atoms with Crippen LogP contribution in [-0.4, -0.2) is 59.6 Å². The molecule has 3 rings (SSSR count). The van der Waals surface area contributed by atoms with Crippen LogP contribution in [0.2, 0.25) is 5.02 Å². The average molecular weight is 390 g/mol. The lowest BCUT2D eigenvalue weighted by Crippen LogP contribution is -2.49. The molecule has 2 heterocycles. The Morgan fingerprint density at radius 3 is 2.48 bits per heavy atom. The summed E-state index contributed by atoms with van der Waals surface area (Å²) in [6.45, 7) is 4.83. The summed E-state index contributed by atoms with van der Waals surface area (Å²) >= 11 is 6.08. The molecule has 1 aliphatic rings. The molecule has 0 aliphatic carbocycles. The minimum Gasteiger partial charge on any atom is -0.491 e. The van der Waals surface area contributed by atoms with Crippen LogP contribution in [0.25, 0.3) is 0 Å². The molecule has 2 aromatic rings. The molecule has 27 heavy (non-hydrogen) atoms. The van der Waals surface area contributed by atoms with Crippen molar-refractivity contribution in [3.8, 4) is 5.75 Å². The number of nitrogens with zero attached hydrogens (tertiary/aromatic N) is 3. The number of amides is 1. The third-order valence-corrected chi connectivity index (χ3v) is 5.00. The van der Waals surface area contributed by atoms with Gasteiger partial charge in [-0.2, -0.15) is 0 Å². The van der Waals surface area contributed by atoms with E-state index in [-0.39, 0.29) is 11.5 Å². The first kappa shape index (κ1) is 19.5. The number of carbonyl (C=O) groups excluding carboxylic acids is 1. The fourth-order valence-electron chi connectivity index (χ4n) is 3.09. The largest absolute Gasteiger partial charge is 0.491 e. The number of pyridine rings is 1. The van der Waals surface area contributed by atoms with Gasteiger partial charge < -0.3 is 14.2 Å². The first-order valence-electron chi connectivity index (χ1n) is 9.16. The summed E-state index contributed by atoms with van der Waals surface area (Å²) in [5.74, 6) is 0.793. The number of hydrogen-bond donors (Lipinski definition) is 0. The van der Waals surface area contributed by atoms with Crippen molar-refractivity contribution in [3.63, 3.8) is 0 Å². The van der Waals surface area contributed by atoms with Gasteiger partial charge in [0, 0.05) is 58.0 Å². The first-order chi connectivity index (χ1) is 13.1. The topological polar surface area (TPSA) is 54.8 Å². The van der Waals surface area contributed by atoms with Crippen LogP contribution in [0.4, 0.5) is 0 Å². The van der Waals surface area contributed by atoms with Crippen molar-refractivity contribution in [1.29, 1.82) is 0 Å². The first-order valence-corrected chi connectivity index (χ1v) is 9.54. The zero-order valence-electron chi connectivity index (χ0n) is 15.2. The monoisotopic (exact) mass is 389 g/mol. The molecule has 0 unspecified atom stereocenters. The van der Waals surface area contributed by atoms with Crippen LogP contribution < -0.4 is 10.3 Å². The highest BCUT2D eigenvalue weighted by atomic mass is 35.5. The molecule has 0 saturated carbocycles. The molecule has 0 spiro atoms. The van der Waals surface area contributed by atoms with E-state index in [4.69, 9.17) is 16.3 Å². The minimum absolute atomic E-state index is 0.0753. The van der Waals surface area contributed by atoms with Crippen LogP contribution in [0, 0.1) is 0 Å². The Hall–Kier alpha value is -2.31. The van der Waals surface area contributed by atoms with Gasteiger partial charge in [-0.15, -0.1) is 0 Å². The number of piperazine rings is 1. The highest BCUT2D eigenvalue weighted by molar-refractivity contribution is 6.32. The summed E-state index contributed by atoms with van der Waals surface area (Å²) in [5, 5.41) is 0.616. The zero-order valence-corrected chi connectivity index (χ0v) is 16.0. The molecule has 1 aromatic heterocycles. The summed E-state index contributed by atoms with van der Waals surface area (Å²) in [6, 6.07) is 12.5. The fraction of sp³-hybridized carbons (Fsp3) is 0.400. The molecule has 1 saturated heterocycles. The number of ether oxygens (including phenoxy) is 1. The van der Waals surface area contributed by atoms with Crippen molar-refractivity contribution >= 4 is 17.5 Å². The van der Waals surface area contributed by atoms with Gasteiger partial charge in [0.05, 0.1) is 5.02 Å². The summed E-state index contributed by atoms with van der Waals surface area (Å²) in [7, 11) is 0. The van der Waals surface area contributed by atoms with E-state index in [2.05, 4.69) is 4.90 Å². The smallest absolute Gasteiger partial charge is 0.250 e. The predicted octanol–water partition coefficient (Wildman–Crippen LogP) is 2.12. The number of para-hydroxylation sites is 1. The van der Waals surface area contributed by atoms with Crippen molar-refractivity contribution in [2.45, 2.75) is 13.0 Å². The Morgan fingerprint density at radius 2 is 1.74 bits per heavy atom. The van der Waals surface area contributed by atoms with Crippen LogP contribution in [0.3, 0.4) is 0 Å². The van der Waals surface area contributed by atoms with Gasteiger partial charge >= 0.3 is 0 Å². The van der Waals surface area contributed by atoms with E-state index < -0.39 is 0 Å². The van der Waals surface area contributed by atoms with Gasteiger partial charge in [-0.3, -0.25) is 14.5 Å². The summed E-state index contributed by atoms with van der Waals surface area (Å²) in [5.41, 5.74) is -0.0753. The van der Waals surface area contributed by atoms with E-state index >= 15 is 0 Å². The molecular weight excluding hydrogens is 366 g/mol. The quantitative estimate of drug-likeness (QED) is 0.727. The summed E-state index contributed by atoms with van der Waals surface area (Å²) in [4.78, 5) is 28.2. The van der Waals surface area contributed by atoms with Crippen molar-refractivity contribution in [2.24, 2.45) is 0 Å². The van der Waals surface area contributed by atoms with Crippen LogP contribution in [0.15, 0.2) is 53.5 Å². The fourth-order valence-corrected chi connectivity index (χ4v) is 3.28. The second-order valence-electron chi connectivity index (χ2n) is 6.48. The molecule has 0 radical (unpaired) electrons. The third kappa shape index (κ3) is 5.58. The number of carbonyl (C=O) groups is 1. The maximum absolute atomic E-state index is 12.4. The summed E-state index contributed by atoms with van der Waals surface area (Å²) < 4.78 is 7.30. The SMILES string of the molecule is O=C(CCn1ccccc1=O)N1CCN(CCOc2ccccc2Cl)CC1. The van der Waals surface area contributed by atoms with Gasteiger partial charge in [0.1, 0.15) is 12.4 Å². The Bertz CT molecular complexity index is 816. The Labute approximate surface area is 163 Å². The lowest BCUT2D eigenvalue weighted by atomic mass is 10.2. The number of halogens is 1. The van der Waals surface area contributed by atoms with E-state index in [0.717, 1.165) is 19.6 Å². The summed E-state index contributed by atoms with van der Waals surface area (Å²) in [6.07, 6.45) is 2.06. The molecule has 7 heteroatoms. The van der Waals surface area contributed by atoms with E-state index in [1.54, 1.807) is 22.9 Å². The average Bonchev–Trinajstić information content (AvgIpc) is 2.69. The minimum atomic E-state index is -0.0753.